The van der Waals surface area contributed by atoms with Gasteiger partial charge in [-0.2, -0.15) is 0 Å². The molecule has 1 heterocycles. The van der Waals surface area contributed by atoms with Gasteiger partial charge >= 0.3 is 0 Å². The summed E-state index contributed by atoms with van der Waals surface area (Å²) in [4.78, 5) is 11.1. The molecule has 1 aliphatic rings. The summed E-state index contributed by atoms with van der Waals surface area (Å²) in [5.41, 5.74) is 4.62. The van der Waals surface area contributed by atoms with Crippen LogP contribution in [-0.2, 0) is 11.2 Å². The lowest BCUT2D eigenvalue weighted by Gasteiger charge is -2.19. The summed E-state index contributed by atoms with van der Waals surface area (Å²) >= 11 is 0. The Kier molecular flexibility index (Phi) is 1.83. The Labute approximate surface area is 78.0 Å². The van der Waals surface area contributed by atoms with Gasteiger partial charge in [-0.15, -0.1) is 0 Å². The minimum absolute atomic E-state index is 0.0134. The van der Waals surface area contributed by atoms with Crippen molar-refractivity contribution in [3.05, 3.63) is 35.2 Å². The first-order chi connectivity index (χ1) is 6.16. The summed E-state index contributed by atoms with van der Waals surface area (Å²) < 4.78 is 0. The van der Waals surface area contributed by atoms with Crippen molar-refractivity contribution in [3.8, 4) is 0 Å². The highest BCUT2D eigenvalue weighted by Gasteiger charge is 2.16. The molecule has 0 aliphatic carbocycles. The van der Waals surface area contributed by atoms with Gasteiger partial charge in [0, 0.05) is 5.69 Å². The zero-order valence-electron chi connectivity index (χ0n) is 7.85. The van der Waals surface area contributed by atoms with Gasteiger partial charge in [0.25, 0.3) is 0 Å². The number of hydrogen-bond donors (Lipinski definition) is 1. The standard InChI is InChI=1S/C11H12NO/c1-7-5-8(2)11-9(6-7)3-4-10(13)12-11/h4-6H,3H2,1-2H3,(H,12,13). The summed E-state index contributed by atoms with van der Waals surface area (Å²) in [6, 6.07) is 4.21. The molecule has 0 bridgehead atoms. The summed E-state index contributed by atoms with van der Waals surface area (Å²) in [6.07, 6.45) is 2.44. The van der Waals surface area contributed by atoms with E-state index in [9.17, 15) is 4.79 Å². The number of carbonyl (C=O) groups is 1. The van der Waals surface area contributed by atoms with E-state index in [2.05, 4.69) is 24.4 Å². The maximum atomic E-state index is 11.1. The fraction of sp³-hybridized carbons (Fsp3) is 0.273. The Hall–Kier alpha value is -1.31. The largest absolute Gasteiger partial charge is 0.325 e. The molecule has 1 aromatic carbocycles. The zero-order valence-corrected chi connectivity index (χ0v) is 7.85. The third-order valence-electron chi connectivity index (χ3n) is 2.32. The maximum Gasteiger partial charge on any atom is 0.228 e. The minimum Gasteiger partial charge on any atom is -0.325 e. The van der Waals surface area contributed by atoms with Gasteiger partial charge in [0.1, 0.15) is 0 Å². The number of amides is 1. The van der Waals surface area contributed by atoms with Gasteiger partial charge in [-0.05, 0) is 31.4 Å². The highest BCUT2D eigenvalue weighted by molar-refractivity contribution is 6.00. The van der Waals surface area contributed by atoms with Crippen LogP contribution in [0.4, 0.5) is 5.69 Å². The van der Waals surface area contributed by atoms with Crippen LogP contribution in [0.2, 0.25) is 0 Å². The van der Waals surface area contributed by atoms with E-state index in [1.807, 2.05) is 6.92 Å². The number of rotatable bonds is 0. The average molecular weight is 174 g/mol. The molecule has 1 aromatic rings. The van der Waals surface area contributed by atoms with Crippen molar-refractivity contribution in [1.29, 1.82) is 0 Å². The molecule has 0 atom stereocenters. The molecule has 0 unspecified atom stereocenters. The maximum absolute atomic E-state index is 11.1. The van der Waals surface area contributed by atoms with Crippen molar-refractivity contribution in [2.24, 2.45) is 0 Å². The molecule has 2 nitrogen and oxygen atoms in total. The van der Waals surface area contributed by atoms with E-state index in [1.165, 1.54) is 11.1 Å². The molecule has 1 amide bonds. The summed E-state index contributed by atoms with van der Waals surface area (Å²) in [5, 5.41) is 2.86. The Morgan fingerprint density at radius 1 is 1.31 bits per heavy atom. The van der Waals surface area contributed by atoms with Crippen molar-refractivity contribution in [2.45, 2.75) is 20.3 Å². The van der Waals surface area contributed by atoms with Crippen molar-refractivity contribution < 1.29 is 4.79 Å². The SMILES string of the molecule is Cc1cc(C)c2c(c1)C[CH]C(=O)N2. The topological polar surface area (TPSA) is 29.1 Å². The second-order valence-corrected chi connectivity index (χ2v) is 3.51. The summed E-state index contributed by atoms with van der Waals surface area (Å²) in [5.74, 6) is 0.0134. The van der Waals surface area contributed by atoms with E-state index < -0.39 is 0 Å². The van der Waals surface area contributed by atoms with Crippen LogP contribution in [0.3, 0.4) is 0 Å². The van der Waals surface area contributed by atoms with Crippen LogP contribution in [0.15, 0.2) is 12.1 Å². The normalized spacial score (nSPS) is 15.1. The Morgan fingerprint density at radius 3 is 2.85 bits per heavy atom. The van der Waals surface area contributed by atoms with Crippen molar-refractivity contribution >= 4 is 11.6 Å². The molecular formula is C11H12NO. The quantitative estimate of drug-likeness (QED) is 0.640. The highest BCUT2D eigenvalue weighted by Crippen LogP contribution is 2.26. The lowest BCUT2D eigenvalue weighted by molar-refractivity contribution is -0.113. The van der Waals surface area contributed by atoms with Crippen molar-refractivity contribution in [1.82, 2.24) is 0 Å². The van der Waals surface area contributed by atoms with E-state index in [0.717, 1.165) is 17.7 Å². The molecule has 0 spiro atoms. The first-order valence-electron chi connectivity index (χ1n) is 4.41. The van der Waals surface area contributed by atoms with Crippen LogP contribution in [0, 0.1) is 20.3 Å². The minimum atomic E-state index is 0.0134. The fourth-order valence-corrected chi connectivity index (χ4v) is 1.77. The molecule has 0 saturated carbocycles. The van der Waals surface area contributed by atoms with Gasteiger partial charge in [0.05, 0.1) is 6.42 Å². The number of nitrogens with one attached hydrogen (secondary N) is 1. The Bertz CT molecular complexity index is 369. The summed E-state index contributed by atoms with van der Waals surface area (Å²) in [7, 11) is 0. The lowest BCUT2D eigenvalue weighted by Crippen LogP contribution is -2.20. The predicted molar refractivity (Wildman–Crippen MR) is 52.5 cm³/mol. The van der Waals surface area contributed by atoms with Gasteiger partial charge in [0.15, 0.2) is 0 Å². The van der Waals surface area contributed by atoms with Gasteiger partial charge in [-0.25, -0.2) is 0 Å². The molecular weight excluding hydrogens is 162 g/mol. The molecule has 0 saturated heterocycles. The monoisotopic (exact) mass is 174 g/mol. The van der Waals surface area contributed by atoms with Crippen LogP contribution < -0.4 is 5.32 Å². The molecule has 1 radical (unpaired) electrons. The molecule has 13 heavy (non-hydrogen) atoms. The highest BCUT2D eigenvalue weighted by atomic mass is 16.1. The predicted octanol–water partition coefficient (Wildman–Crippen LogP) is 2.00. The number of fused-ring (bicyclic) bond motifs is 1. The van der Waals surface area contributed by atoms with Gasteiger partial charge in [0.2, 0.25) is 5.91 Å². The number of aryl methyl sites for hydroxylation is 2. The van der Waals surface area contributed by atoms with Gasteiger partial charge in [-0.1, -0.05) is 17.7 Å². The molecule has 2 rings (SSSR count). The number of benzene rings is 1. The van der Waals surface area contributed by atoms with E-state index in [0.29, 0.717) is 0 Å². The second-order valence-electron chi connectivity index (χ2n) is 3.51. The second kappa shape index (κ2) is 2.87. The average Bonchev–Trinajstić information content (AvgIpc) is 2.06. The van der Waals surface area contributed by atoms with Crippen molar-refractivity contribution in [2.75, 3.05) is 5.32 Å². The van der Waals surface area contributed by atoms with Crippen LogP contribution in [0.5, 0.6) is 0 Å². The van der Waals surface area contributed by atoms with E-state index in [4.69, 9.17) is 0 Å². The zero-order chi connectivity index (χ0) is 9.42. The van der Waals surface area contributed by atoms with Crippen LogP contribution in [0.25, 0.3) is 0 Å². The number of carbonyl (C=O) groups excluding carboxylic acids is 1. The third kappa shape index (κ3) is 1.44. The smallest absolute Gasteiger partial charge is 0.228 e. The van der Waals surface area contributed by atoms with E-state index >= 15 is 0 Å². The lowest BCUT2D eigenvalue weighted by atomic mass is 9.97. The fourth-order valence-electron chi connectivity index (χ4n) is 1.77. The first-order valence-corrected chi connectivity index (χ1v) is 4.41. The van der Waals surface area contributed by atoms with Gasteiger partial charge in [-0.3, -0.25) is 4.79 Å². The Morgan fingerprint density at radius 2 is 2.08 bits per heavy atom. The molecule has 0 aromatic heterocycles. The van der Waals surface area contributed by atoms with Crippen molar-refractivity contribution in [3.63, 3.8) is 0 Å². The van der Waals surface area contributed by atoms with E-state index in [1.54, 1.807) is 6.42 Å². The molecule has 1 N–H and O–H groups in total. The van der Waals surface area contributed by atoms with Crippen LogP contribution in [0.1, 0.15) is 16.7 Å². The third-order valence-corrected chi connectivity index (χ3v) is 2.32. The molecule has 0 fully saturated rings. The number of hydrogen-bond acceptors (Lipinski definition) is 1. The van der Waals surface area contributed by atoms with Crippen LogP contribution in [-0.4, -0.2) is 5.91 Å². The first kappa shape index (κ1) is 8.30. The number of anilines is 1. The Balaban J connectivity index is 2.53. The molecule has 2 heteroatoms. The molecule has 1 aliphatic heterocycles. The van der Waals surface area contributed by atoms with Gasteiger partial charge < -0.3 is 5.32 Å². The molecule has 67 valence electrons. The van der Waals surface area contributed by atoms with Crippen LogP contribution >= 0.6 is 0 Å². The summed E-state index contributed by atoms with van der Waals surface area (Å²) in [6.45, 7) is 4.10. The van der Waals surface area contributed by atoms with E-state index in [-0.39, 0.29) is 5.91 Å².